The summed E-state index contributed by atoms with van der Waals surface area (Å²) in [6.45, 7) is 4.98. The maximum Gasteiger partial charge on any atom is 0.276 e. The van der Waals surface area contributed by atoms with Gasteiger partial charge >= 0.3 is 0 Å². The SMILES string of the molecule is CN(C)C(=O)C(C)(C)C(=C(C#N)C(=O)n1cnc2cnccc21)N1CCCCC1. The molecular formula is C21H26N6O2. The molecule has 0 atom stereocenters. The molecule has 8 nitrogen and oxygen atoms in total. The largest absolute Gasteiger partial charge is 0.373 e. The number of amides is 1. The summed E-state index contributed by atoms with van der Waals surface area (Å²) in [5.74, 6) is -0.639. The van der Waals surface area contributed by atoms with Crippen molar-refractivity contribution in [1.29, 1.82) is 5.26 Å². The molecule has 0 aliphatic carbocycles. The monoisotopic (exact) mass is 394 g/mol. The number of hydrogen-bond donors (Lipinski definition) is 0. The van der Waals surface area contributed by atoms with E-state index in [1.165, 1.54) is 15.8 Å². The third kappa shape index (κ3) is 3.73. The molecule has 0 bridgehead atoms. The quantitative estimate of drug-likeness (QED) is 0.584. The lowest BCUT2D eigenvalue weighted by Crippen LogP contribution is -2.45. The van der Waals surface area contributed by atoms with E-state index in [1.54, 1.807) is 46.4 Å². The molecule has 2 aromatic rings. The topological polar surface area (TPSA) is 95.1 Å². The van der Waals surface area contributed by atoms with E-state index in [2.05, 4.69) is 16.0 Å². The summed E-state index contributed by atoms with van der Waals surface area (Å²) in [5.41, 5.74) is 0.579. The number of imidazole rings is 1. The molecule has 1 fully saturated rings. The minimum Gasteiger partial charge on any atom is -0.373 e. The van der Waals surface area contributed by atoms with Crippen molar-refractivity contribution < 1.29 is 9.59 Å². The molecule has 3 rings (SSSR count). The Balaban J connectivity index is 2.19. The van der Waals surface area contributed by atoms with Gasteiger partial charge in [-0.15, -0.1) is 0 Å². The molecule has 1 saturated heterocycles. The van der Waals surface area contributed by atoms with E-state index in [0.717, 1.165) is 19.3 Å². The molecule has 1 amide bonds. The minimum absolute atomic E-state index is 0.0248. The van der Waals surface area contributed by atoms with Gasteiger partial charge in [-0.25, -0.2) is 4.98 Å². The van der Waals surface area contributed by atoms with Gasteiger partial charge in [-0.3, -0.25) is 19.1 Å². The number of rotatable bonds is 4. The Morgan fingerprint density at radius 1 is 1.21 bits per heavy atom. The molecule has 1 aliphatic heterocycles. The third-order valence-electron chi connectivity index (χ3n) is 5.34. The van der Waals surface area contributed by atoms with Gasteiger partial charge < -0.3 is 9.80 Å². The van der Waals surface area contributed by atoms with Crippen LogP contribution in [0.4, 0.5) is 0 Å². The van der Waals surface area contributed by atoms with Gasteiger partial charge in [0.05, 0.1) is 22.8 Å². The van der Waals surface area contributed by atoms with Crippen molar-refractivity contribution in [3.8, 4) is 6.07 Å². The summed E-state index contributed by atoms with van der Waals surface area (Å²) >= 11 is 0. The number of aromatic nitrogens is 3. The molecule has 29 heavy (non-hydrogen) atoms. The number of nitriles is 1. The lowest BCUT2D eigenvalue weighted by Gasteiger charge is -2.40. The van der Waals surface area contributed by atoms with Gasteiger partial charge in [-0.05, 0) is 39.2 Å². The highest BCUT2D eigenvalue weighted by Crippen LogP contribution is 2.36. The van der Waals surface area contributed by atoms with Gasteiger partial charge in [0.15, 0.2) is 0 Å². The van der Waals surface area contributed by atoms with Crippen LogP contribution >= 0.6 is 0 Å². The fraction of sp³-hybridized carbons (Fsp3) is 0.476. The van der Waals surface area contributed by atoms with Crippen molar-refractivity contribution in [2.75, 3.05) is 27.2 Å². The molecule has 2 aromatic heterocycles. The highest BCUT2D eigenvalue weighted by Gasteiger charge is 2.41. The van der Waals surface area contributed by atoms with E-state index in [0.29, 0.717) is 29.8 Å². The van der Waals surface area contributed by atoms with Crippen molar-refractivity contribution >= 4 is 22.8 Å². The van der Waals surface area contributed by atoms with Crippen molar-refractivity contribution in [3.63, 3.8) is 0 Å². The van der Waals surface area contributed by atoms with E-state index in [1.807, 2.05) is 4.90 Å². The first-order valence-corrected chi connectivity index (χ1v) is 9.72. The number of likely N-dealkylation sites (tertiary alicyclic amines) is 1. The number of carbonyl (C=O) groups is 2. The van der Waals surface area contributed by atoms with Crippen molar-refractivity contribution in [2.24, 2.45) is 5.41 Å². The van der Waals surface area contributed by atoms with E-state index in [9.17, 15) is 14.9 Å². The Hall–Kier alpha value is -3.21. The van der Waals surface area contributed by atoms with Gasteiger partial charge in [-0.1, -0.05) is 0 Å². The molecule has 0 unspecified atom stereocenters. The summed E-state index contributed by atoms with van der Waals surface area (Å²) in [6, 6.07) is 3.79. The van der Waals surface area contributed by atoms with Crippen LogP contribution in [-0.2, 0) is 4.79 Å². The normalized spacial score (nSPS) is 15.6. The molecule has 0 aromatic carbocycles. The van der Waals surface area contributed by atoms with Crippen LogP contribution in [0, 0.1) is 16.7 Å². The number of carbonyl (C=O) groups excluding carboxylic acids is 2. The van der Waals surface area contributed by atoms with Crippen LogP contribution in [0.1, 0.15) is 37.9 Å². The van der Waals surface area contributed by atoms with Crippen LogP contribution in [0.25, 0.3) is 11.0 Å². The second-order valence-corrected chi connectivity index (χ2v) is 7.99. The zero-order valence-electron chi connectivity index (χ0n) is 17.3. The first kappa shape index (κ1) is 20.5. The number of fused-ring (bicyclic) bond motifs is 1. The molecule has 0 N–H and O–H groups in total. The zero-order chi connectivity index (χ0) is 21.2. The maximum atomic E-state index is 13.4. The molecule has 8 heteroatoms. The zero-order valence-corrected chi connectivity index (χ0v) is 17.3. The number of pyridine rings is 1. The first-order chi connectivity index (χ1) is 13.8. The maximum absolute atomic E-state index is 13.4. The Labute approximate surface area is 170 Å². The van der Waals surface area contributed by atoms with Gasteiger partial charge in [0.25, 0.3) is 5.91 Å². The van der Waals surface area contributed by atoms with Crippen LogP contribution in [0.5, 0.6) is 0 Å². The van der Waals surface area contributed by atoms with Crippen LogP contribution in [-0.4, -0.2) is 63.3 Å². The van der Waals surface area contributed by atoms with Crippen molar-refractivity contribution in [3.05, 3.63) is 36.1 Å². The lowest BCUT2D eigenvalue weighted by molar-refractivity contribution is -0.136. The molecular weight excluding hydrogens is 368 g/mol. The van der Waals surface area contributed by atoms with Crippen molar-refractivity contribution in [2.45, 2.75) is 33.1 Å². The standard InChI is InChI=1S/C21H26N6O2/c1-21(2,20(29)25(3)4)18(26-10-6-5-7-11-26)15(12-22)19(28)27-14-24-16-13-23-9-8-17(16)27/h8-9,13-14H,5-7,10-11H2,1-4H3. The van der Waals surface area contributed by atoms with Crippen molar-refractivity contribution in [1.82, 2.24) is 24.3 Å². The summed E-state index contributed by atoms with van der Waals surface area (Å²) in [7, 11) is 3.37. The Morgan fingerprint density at radius 3 is 2.52 bits per heavy atom. The summed E-state index contributed by atoms with van der Waals surface area (Å²) in [5, 5.41) is 10.0. The van der Waals surface area contributed by atoms with E-state index >= 15 is 0 Å². The molecule has 0 saturated carbocycles. The van der Waals surface area contributed by atoms with E-state index in [-0.39, 0.29) is 11.5 Å². The predicted molar refractivity (Wildman–Crippen MR) is 109 cm³/mol. The van der Waals surface area contributed by atoms with Crippen LogP contribution in [0.3, 0.4) is 0 Å². The lowest BCUT2D eigenvalue weighted by atomic mass is 9.83. The molecule has 0 radical (unpaired) electrons. The average molecular weight is 394 g/mol. The smallest absolute Gasteiger partial charge is 0.276 e. The highest BCUT2D eigenvalue weighted by molar-refractivity contribution is 6.05. The van der Waals surface area contributed by atoms with Gasteiger partial charge in [0, 0.05) is 33.4 Å². The predicted octanol–water partition coefficient (Wildman–Crippen LogP) is 2.45. The van der Waals surface area contributed by atoms with Gasteiger partial charge in [-0.2, -0.15) is 5.26 Å². The molecule has 152 valence electrons. The second-order valence-electron chi connectivity index (χ2n) is 7.99. The van der Waals surface area contributed by atoms with Crippen LogP contribution in [0.2, 0.25) is 0 Å². The highest BCUT2D eigenvalue weighted by atomic mass is 16.2. The number of allylic oxidation sites excluding steroid dienone is 1. The molecule has 3 heterocycles. The number of nitrogens with zero attached hydrogens (tertiary/aromatic N) is 6. The van der Waals surface area contributed by atoms with Crippen LogP contribution < -0.4 is 0 Å². The molecule has 1 aliphatic rings. The Bertz CT molecular complexity index is 1010. The average Bonchev–Trinajstić information content (AvgIpc) is 3.15. The molecule has 0 spiro atoms. The second kappa shape index (κ2) is 8.03. The van der Waals surface area contributed by atoms with Gasteiger partial charge in [0.2, 0.25) is 5.91 Å². The fourth-order valence-electron chi connectivity index (χ4n) is 3.99. The van der Waals surface area contributed by atoms with Gasteiger partial charge in [0.1, 0.15) is 23.5 Å². The first-order valence-electron chi connectivity index (χ1n) is 9.72. The summed E-state index contributed by atoms with van der Waals surface area (Å²) in [6.07, 6.45) is 7.57. The van der Waals surface area contributed by atoms with Crippen LogP contribution in [0.15, 0.2) is 36.1 Å². The van der Waals surface area contributed by atoms with E-state index < -0.39 is 11.3 Å². The Morgan fingerprint density at radius 2 is 1.90 bits per heavy atom. The third-order valence-corrected chi connectivity index (χ3v) is 5.34. The summed E-state index contributed by atoms with van der Waals surface area (Å²) < 4.78 is 1.36. The minimum atomic E-state index is -1.03. The summed E-state index contributed by atoms with van der Waals surface area (Å²) in [4.78, 5) is 38.2. The van der Waals surface area contributed by atoms with E-state index in [4.69, 9.17) is 0 Å². The number of hydrogen-bond acceptors (Lipinski definition) is 6. The fourth-order valence-corrected chi connectivity index (χ4v) is 3.99. The Kier molecular flexibility index (Phi) is 5.69. The number of piperidine rings is 1.